The molecule has 0 aromatic rings. The minimum absolute atomic E-state index is 0. The fraction of sp³-hybridized carbons (Fsp3) is 0.828. The third-order valence-electron chi connectivity index (χ3n) is 6.79. The predicted octanol–water partition coefficient (Wildman–Crippen LogP) is -0.0728. The van der Waals surface area contributed by atoms with Gasteiger partial charge in [-0.25, -0.2) is 4.79 Å². The Labute approximate surface area is 268 Å². The van der Waals surface area contributed by atoms with Crippen LogP contribution in [0.5, 0.6) is 0 Å². The number of carboxylic acid groups (broad SMARTS) is 1. The number of carbonyl (C=O) groups is 4. The molecule has 0 aliphatic heterocycles. The van der Waals surface area contributed by atoms with Crippen molar-refractivity contribution in [2.75, 3.05) is 6.54 Å². The minimum Gasteiger partial charge on any atom is -0.548 e. The first-order chi connectivity index (χ1) is 19.2. The van der Waals surface area contributed by atoms with Crippen LogP contribution in [-0.4, -0.2) is 48.4 Å². The molecule has 0 fully saturated rings. The Balaban J connectivity index is 0. The number of esters is 2. The van der Waals surface area contributed by atoms with Gasteiger partial charge in [-0.05, 0) is 25.7 Å². The standard InChI is InChI=1S/C29H55N5O6.Na/c1-2-3-4-5-6-7-8-9-10-11-12-13-14-15-16-19-25(35)34-24(27(37)38)20-21-26(36)40-28(39)23(30)18-17-22-33-29(31)32;/h23-24H,2-22,30H2,1H3,(H,34,35)(H,37,38)(H4,31,32,33);/q;+1/p-1/t23-,24+;/m0./s1. The van der Waals surface area contributed by atoms with Gasteiger partial charge in [0.1, 0.15) is 6.04 Å². The van der Waals surface area contributed by atoms with Gasteiger partial charge >= 0.3 is 41.5 Å². The number of aliphatic carboxylic acids is 1. The van der Waals surface area contributed by atoms with Gasteiger partial charge in [-0.15, -0.1) is 0 Å². The van der Waals surface area contributed by atoms with Gasteiger partial charge < -0.3 is 36.7 Å². The summed E-state index contributed by atoms with van der Waals surface area (Å²) in [5, 5.41) is 23.4. The van der Waals surface area contributed by atoms with Crippen molar-refractivity contribution in [3.63, 3.8) is 0 Å². The van der Waals surface area contributed by atoms with Crippen LogP contribution >= 0.6 is 0 Å². The second-order valence-electron chi connectivity index (χ2n) is 10.6. The number of rotatable bonds is 26. The van der Waals surface area contributed by atoms with E-state index in [4.69, 9.17) is 16.9 Å². The minimum atomic E-state index is -1.50. The molecule has 0 aliphatic rings. The molecule has 0 unspecified atom stereocenters. The smallest absolute Gasteiger partial charge is 0.548 e. The zero-order chi connectivity index (χ0) is 30.0. The van der Waals surface area contributed by atoms with Crippen molar-refractivity contribution in [3.8, 4) is 0 Å². The van der Waals surface area contributed by atoms with Crippen LogP contribution in [0.15, 0.2) is 0 Å². The summed E-state index contributed by atoms with van der Waals surface area (Å²) in [5.74, 6) is -3.95. The van der Waals surface area contributed by atoms with E-state index in [1.54, 1.807) is 0 Å². The molecule has 0 bridgehead atoms. The van der Waals surface area contributed by atoms with Gasteiger partial charge in [-0.2, -0.15) is 0 Å². The van der Waals surface area contributed by atoms with Gasteiger partial charge in [-0.3, -0.25) is 15.0 Å². The summed E-state index contributed by atoms with van der Waals surface area (Å²) in [7, 11) is 0. The van der Waals surface area contributed by atoms with Crippen molar-refractivity contribution in [3.05, 3.63) is 0 Å². The molecule has 0 rings (SSSR count). The first kappa shape index (κ1) is 41.4. The largest absolute Gasteiger partial charge is 1.00 e. The summed E-state index contributed by atoms with van der Waals surface area (Å²) >= 11 is 0. The summed E-state index contributed by atoms with van der Waals surface area (Å²) in [6.45, 7) is 2.59. The van der Waals surface area contributed by atoms with Crippen LogP contribution in [0.4, 0.5) is 0 Å². The average Bonchev–Trinajstić information content (AvgIpc) is 2.90. The third-order valence-corrected chi connectivity index (χ3v) is 6.79. The molecule has 2 atom stereocenters. The van der Waals surface area contributed by atoms with Crippen molar-refractivity contribution in [2.24, 2.45) is 11.5 Å². The molecule has 0 saturated carbocycles. The number of unbranched alkanes of at least 4 members (excludes halogenated alkanes) is 14. The number of carboxylic acids is 1. The van der Waals surface area contributed by atoms with Crippen molar-refractivity contribution in [2.45, 2.75) is 147 Å². The Kier molecular flexibility index (Phi) is 28.7. The van der Waals surface area contributed by atoms with E-state index in [2.05, 4.69) is 22.3 Å². The number of nitrogens with one attached hydrogen (secondary N) is 3. The molecule has 0 heterocycles. The van der Waals surface area contributed by atoms with Crippen LogP contribution in [0.2, 0.25) is 0 Å². The molecule has 12 heteroatoms. The molecule has 1 amide bonds. The number of amides is 1. The number of guanidine groups is 1. The average molecular weight is 592 g/mol. The third kappa shape index (κ3) is 26.9. The van der Waals surface area contributed by atoms with Crippen molar-refractivity contribution in [1.29, 1.82) is 5.41 Å². The maximum Gasteiger partial charge on any atom is 1.00 e. The first-order valence-corrected chi connectivity index (χ1v) is 15.3. The number of nitrogens with two attached hydrogens (primary N) is 2. The Morgan fingerprint density at radius 2 is 1.27 bits per heavy atom. The summed E-state index contributed by atoms with van der Waals surface area (Å²) < 4.78 is 4.67. The molecule has 11 nitrogen and oxygen atoms in total. The van der Waals surface area contributed by atoms with Crippen LogP contribution in [0.25, 0.3) is 0 Å². The van der Waals surface area contributed by atoms with Crippen molar-refractivity contribution in [1.82, 2.24) is 10.6 Å². The summed E-state index contributed by atoms with van der Waals surface area (Å²) in [4.78, 5) is 47.4. The quantitative estimate of drug-likeness (QED) is 0.0228. The molecule has 41 heavy (non-hydrogen) atoms. The van der Waals surface area contributed by atoms with Crippen LogP contribution in [0, 0.1) is 5.41 Å². The Morgan fingerprint density at radius 3 is 1.73 bits per heavy atom. The van der Waals surface area contributed by atoms with Gasteiger partial charge in [0, 0.05) is 19.4 Å². The fourth-order valence-electron chi connectivity index (χ4n) is 4.34. The Hall–Kier alpha value is -1.69. The molecule has 0 aromatic heterocycles. The molecule has 0 saturated heterocycles. The molecule has 0 radical (unpaired) electrons. The molecule has 7 N–H and O–H groups in total. The maximum absolute atomic E-state index is 12.2. The fourth-order valence-corrected chi connectivity index (χ4v) is 4.34. The van der Waals surface area contributed by atoms with Gasteiger partial charge in [0.2, 0.25) is 5.91 Å². The summed E-state index contributed by atoms with van der Waals surface area (Å²) in [6, 6.07) is -2.39. The van der Waals surface area contributed by atoms with Crippen LogP contribution in [0.1, 0.15) is 135 Å². The predicted molar refractivity (Wildman–Crippen MR) is 154 cm³/mol. The molecule has 232 valence electrons. The van der Waals surface area contributed by atoms with E-state index in [-0.39, 0.29) is 61.2 Å². The van der Waals surface area contributed by atoms with Gasteiger partial charge in [0.25, 0.3) is 0 Å². The number of ether oxygens (including phenoxy) is 1. The zero-order valence-electron chi connectivity index (χ0n) is 25.6. The molecular weight excluding hydrogens is 537 g/mol. The summed E-state index contributed by atoms with van der Waals surface area (Å²) in [5.41, 5.74) is 10.8. The van der Waals surface area contributed by atoms with Gasteiger partial charge in [-0.1, -0.05) is 96.8 Å². The second-order valence-corrected chi connectivity index (χ2v) is 10.6. The molecule has 0 spiro atoms. The first-order valence-electron chi connectivity index (χ1n) is 15.3. The summed E-state index contributed by atoms with van der Waals surface area (Å²) in [6.07, 6.45) is 18.5. The zero-order valence-corrected chi connectivity index (χ0v) is 27.6. The number of hydrogen-bond donors (Lipinski definition) is 5. The maximum atomic E-state index is 12.2. The van der Waals surface area contributed by atoms with E-state index in [9.17, 15) is 24.3 Å². The van der Waals surface area contributed by atoms with E-state index in [0.717, 1.165) is 19.3 Å². The topological polar surface area (TPSA) is 201 Å². The van der Waals surface area contributed by atoms with Crippen molar-refractivity contribution >= 4 is 29.8 Å². The number of hydrogen-bond acceptors (Lipinski definition) is 8. The van der Waals surface area contributed by atoms with Gasteiger partial charge in [0.05, 0.1) is 12.0 Å². The second kappa shape index (κ2) is 28.4. The van der Waals surface area contributed by atoms with E-state index in [1.165, 1.54) is 70.6 Å². The van der Waals surface area contributed by atoms with Gasteiger partial charge in [0.15, 0.2) is 5.96 Å². The van der Waals surface area contributed by atoms with E-state index in [1.807, 2.05) is 0 Å². The number of carbonyl (C=O) groups excluding carboxylic acids is 4. The monoisotopic (exact) mass is 591 g/mol. The Morgan fingerprint density at radius 1 is 0.780 bits per heavy atom. The SMILES string of the molecule is CCCCCCCCCCCCCCCCCC(=O)N[C@H](CCC(=O)OC(=O)[C@@H](N)CCCNC(=N)N)C(=O)[O-].[Na+]. The van der Waals surface area contributed by atoms with E-state index >= 15 is 0 Å². The van der Waals surface area contributed by atoms with E-state index in [0.29, 0.717) is 19.4 Å². The molecule has 0 aliphatic carbocycles. The van der Waals surface area contributed by atoms with Crippen LogP contribution < -0.4 is 56.8 Å². The Bertz CT molecular complexity index is 740. The van der Waals surface area contributed by atoms with E-state index < -0.39 is 35.9 Å². The normalized spacial score (nSPS) is 12.0. The molecular formula is C29H54N5NaO6. The van der Waals surface area contributed by atoms with Crippen LogP contribution in [0.3, 0.4) is 0 Å². The van der Waals surface area contributed by atoms with Crippen LogP contribution in [-0.2, 0) is 23.9 Å². The van der Waals surface area contributed by atoms with Crippen molar-refractivity contribution < 1.29 is 58.6 Å². The molecule has 0 aromatic carbocycles.